The van der Waals surface area contributed by atoms with E-state index < -0.39 is 12.0 Å². The van der Waals surface area contributed by atoms with Gasteiger partial charge in [-0.2, -0.15) is 0 Å². The lowest BCUT2D eigenvalue weighted by Crippen LogP contribution is -2.51. The van der Waals surface area contributed by atoms with Gasteiger partial charge in [0, 0.05) is 55.6 Å². The smallest absolute Gasteiger partial charge is 0.338 e. The molecule has 9 heteroatoms. The van der Waals surface area contributed by atoms with E-state index in [9.17, 15) is 14.4 Å². The third-order valence-corrected chi connectivity index (χ3v) is 6.97. The maximum Gasteiger partial charge on any atom is 0.338 e. The molecule has 2 aliphatic rings. The van der Waals surface area contributed by atoms with Gasteiger partial charge in [0.1, 0.15) is 0 Å². The number of hydrogen-bond acceptors (Lipinski definition) is 5. The van der Waals surface area contributed by atoms with Gasteiger partial charge in [-0.1, -0.05) is 48.0 Å². The zero-order chi connectivity index (χ0) is 27.1. The van der Waals surface area contributed by atoms with Gasteiger partial charge in [-0.05, 0) is 43.2 Å². The summed E-state index contributed by atoms with van der Waals surface area (Å²) in [4.78, 5) is 45.2. The van der Waals surface area contributed by atoms with Crippen LogP contribution in [0.1, 0.15) is 35.3 Å². The van der Waals surface area contributed by atoms with Crippen LogP contribution in [-0.2, 0) is 9.53 Å². The summed E-state index contributed by atoms with van der Waals surface area (Å²) in [5.74, 6) is -0.473. The molecular weight excluding hydrogens is 504 g/mol. The molecule has 1 saturated heterocycles. The van der Waals surface area contributed by atoms with E-state index in [4.69, 9.17) is 16.3 Å². The third kappa shape index (κ3) is 6.26. The number of benzene rings is 2. The topological polar surface area (TPSA) is 82.2 Å². The van der Waals surface area contributed by atoms with Crippen molar-refractivity contribution in [3.8, 4) is 0 Å². The second-order valence-corrected chi connectivity index (χ2v) is 9.64. The SMILES string of the molecule is C=CCN1C(=O)NC(c2ccc(Cl)cc2)C(C(=O)OCC)=C1CN1CCCN(C(=O)c2ccccc2)CC1. The first-order chi connectivity index (χ1) is 18.4. The Bertz CT molecular complexity index is 1200. The molecule has 1 N–H and O–H groups in total. The van der Waals surface area contributed by atoms with Crippen molar-refractivity contribution in [1.82, 2.24) is 20.0 Å². The summed E-state index contributed by atoms with van der Waals surface area (Å²) in [7, 11) is 0. The molecule has 0 aromatic heterocycles. The molecule has 0 radical (unpaired) electrons. The third-order valence-electron chi connectivity index (χ3n) is 6.72. The molecule has 8 nitrogen and oxygen atoms in total. The first-order valence-corrected chi connectivity index (χ1v) is 13.2. The van der Waals surface area contributed by atoms with Crippen molar-refractivity contribution in [3.63, 3.8) is 0 Å². The van der Waals surface area contributed by atoms with Gasteiger partial charge in [0.05, 0.1) is 18.2 Å². The zero-order valence-electron chi connectivity index (χ0n) is 21.6. The summed E-state index contributed by atoms with van der Waals surface area (Å²) in [5, 5.41) is 3.52. The van der Waals surface area contributed by atoms with Crippen LogP contribution in [0.2, 0.25) is 5.02 Å². The van der Waals surface area contributed by atoms with Gasteiger partial charge in [-0.3, -0.25) is 14.6 Å². The van der Waals surface area contributed by atoms with Crippen molar-refractivity contribution >= 4 is 29.5 Å². The number of carbonyl (C=O) groups excluding carboxylic acids is 3. The van der Waals surface area contributed by atoms with Crippen LogP contribution in [0.5, 0.6) is 0 Å². The number of ether oxygens (including phenoxy) is 1. The van der Waals surface area contributed by atoms with E-state index in [0.717, 1.165) is 12.0 Å². The summed E-state index contributed by atoms with van der Waals surface area (Å²) in [6, 6.07) is 15.3. The van der Waals surface area contributed by atoms with Gasteiger partial charge < -0.3 is 15.0 Å². The Labute approximate surface area is 228 Å². The molecule has 0 bridgehead atoms. The van der Waals surface area contributed by atoms with Crippen molar-refractivity contribution in [1.29, 1.82) is 0 Å². The Morgan fingerprint density at radius 3 is 2.50 bits per heavy atom. The number of rotatable bonds is 8. The second-order valence-electron chi connectivity index (χ2n) is 9.20. The van der Waals surface area contributed by atoms with E-state index in [0.29, 0.717) is 54.6 Å². The number of nitrogens with zero attached hydrogens (tertiary/aromatic N) is 3. The monoisotopic (exact) mass is 536 g/mol. The van der Waals surface area contributed by atoms with Crippen LogP contribution in [0.4, 0.5) is 4.79 Å². The van der Waals surface area contributed by atoms with E-state index in [-0.39, 0.29) is 25.1 Å². The molecule has 3 amide bonds. The van der Waals surface area contributed by atoms with Crippen molar-refractivity contribution in [2.75, 3.05) is 45.9 Å². The van der Waals surface area contributed by atoms with Crippen LogP contribution < -0.4 is 5.32 Å². The van der Waals surface area contributed by atoms with E-state index in [1.165, 1.54) is 0 Å². The first-order valence-electron chi connectivity index (χ1n) is 12.8. The molecule has 1 unspecified atom stereocenters. The molecule has 2 aromatic carbocycles. The maximum atomic E-state index is 13.3. The van der Waals surface area contributed by atoms with Crippen LogP contribution in [0.15, 0.2) is 78.5 Å². The maximum absolute atomic E-state index is 13.3. The standard InChI is InChI=1S/C29H33ClN4O4/c1-3-15-34-24(20-32-16-8-17-33(19-18-32)27(35)22-9-6-5-7-10-22)25(28(36)38-4-2)26(31-29(34)37)21-11-13-23(30)14-12-21/h3,5-7,9-14,26H,1,4,8,15-20H2,2H3,(H,31,37). The van der Waals surface area contributed by atoms with E-state index in [2.05, 4.69) is 16.8 Å². The molecule has 4 rings (SSSR count). The molecule has 2 aliphatic heterocycles. The average molecular weight is 537 g/mol. The van der Waals surface area contributed by atoms with Gasteiger partial charge >= 0.3 is 12.0 Å². The number of carbonyl (C=O) groups is 3. The minimum Gasteiger partial charge on any atom is -0.463 e. The highest BCUT2D eigenvalue weighted by Gasteiger charge is 2.38. The van der Waals surface area contributed by atoms with E-state index in [1.54, 1.807) is 42.2 Å². The van der Waals surface area contributed by atoms with Crippen molar-refractivity contribution < 1.29 is 19.1 Å². The molecule has 0 aliphatic carbocycles. The molecule has 1 atom stereocenters. The number of urea groups is 1. The van der Waals surface area contributed by atoms with Crippen molar-refractivity contribution in [3.05, 3.63) is 94.7 Å². The molecule has 38 heavy (non-hydrogen) atoms. The van der Waals surface area contributed by atoms with Crippen LogP contribution in [0, 0.1) is 0 Å². The molecule has 1 fully saturated rings. The summed E-state index contributed by atoms with van der Waals surface area (Å²) in [6.07, 6.45) is 2.41. The van der Waals surface area contributed by atoms with E-state index in [1.807, 2.05) is 35.2 Å². The Morgan fingerprint density at radius 1 is 1.08 bits per heavy atom. The fourth-order valence-corrected chi connectivity index (χ4v) is 4.98. The van der Waals surface area contributed by atoms with Crippen LogP contribution in [0.3, 0.4) is 0 Å². The lowest BCUT2D eigenvalue weighted by Gasteiger charge is -2.38. The normalized spacial score (nSPS) is 18.6. The zero-order valence-corrected chi connectivity index (χ0v) is 22.3. The van der Waals surface area contributed by atoms with Gasteiger partial charge in [0.25, 0.3) is 5.91 Å². The largest absolute Gasteiger partial charge is 0.463 e. The van der Waals surface area contributed by atoms with Gasteiger partial charge in [-0.15, -0.1) is 6.58 Å². The number of hydrogen-bond donors (Lipinski definition) is 1. The fraction of sp³-hybridized carbons (Fsp3) is 0.345. The highest BCUT2D eigenvalue weighted by atomic mass is 35.5. The molecule has 0 spiro atoms. The summed E-state index contributed by atoms with van der Waals surface area (Å²) >= 11 is 6.09. The number of nitrogens with one attached hydrogen (secondary N) is 1. The average Bonchev–Trinajstić information content (AvgIpc) is 3.16. The fourth-order valence-electron chi connectivity index (χ4n) is 4.86. The minimum atomic E-state index is -0.682. The van der Waals surface area contributed by atoms with Crippen molar-refractivity contribution in [2.45, 2.75) is 19.4 Å². The van der Waals surface area contributed by atoms with Crippen LogP contribution >= 0.6 is 11.6 Å². The molecule has 2 aromatic rings. The quantitative estimate of drug-likeness (QED) is 0.403. The Kier molecular flexibility index (Phi) is 9.20. The van der Waals surface area contributed by atoms with Crippen LogP contribution in [0.25, 0.3) is 0 Å². The second kappa shape index (κ2) is 12.8. The number of amides is 3. The summed E-state index contributed by atoms with van der Waals surface area (Å²) < 4.78 is 5.46. The Hall–Kier alpha value is -3.62. The predicted molar refractivity (Wildman–Crippen MR) is 147 cm³/mol. The molecular formula is C29H33ClN4O4. The van der Waals surface area contributed by atoms with E-state index >= 15 is 0 Å². The first kappa shape index (κ1) is 27.4. The lowest BCUT2D eigenvalue weighted by atomic mass is 9.94. The predicted octanol–water partition coefficient (Wildman–Crippen LogP) is 4.26. The van der Waals surface area contributed by atoms with Gasteiger partial charge in [-0.25, -0.2) is 9.59 Å². The Morgan fingerprint density at radius 2 is 1.82 bits per heavy atom. The lowest BCUT2D eigenvalue weighted by molar-refractivity contribution is -0.139. The molecule has 2 heterocycles. The number of esters is 1. The highest BCUT2D eigenvalue weighted by Crippen LogP contribution is 2.33. The number of halogens is 1. The van der Waals surface area contributed by atoms with Gasteiger partial charge in [0.2, 0.25) is 0 Å². The van der Waals surface area contributed by atoms with Crippen LogP contribution in [-0.4, -0.2) is 78.5 Å². The van der Waals surface area contributed by atoms with Crippen molar-refractivity contribution in [2.24, 2.45) is 0 Å². The van der Waals surface area contributed by atoms with Gasteiger partial charge in [0.15, 0.2) is 0 Å². The summed E-state index contributed by atoms with van der Waals surface area (Å²) in [6.45, 7) is 8.86. The summed E-state index contributed by atoms with van der Waals surface area (Å²) in [5.41, 5.74) is 2.37. The molecule has 0 saturated carbocycles. The molecule has 200 valence electrons. The highest BCUT2D eigenvalue weighted by molar-refractivity contribution is 6.30. The minimum absolute atomic E-state index is 0.00649. The Balaban J connectivity index is 1.64.